The van der Waals surface area contributed by atoms with Crippen molar-refractivity contribution in [3.8, 4) is 11.3 Å². The average molecular weight is 457 g/mol. The van der Waals surface area contributed by atoms with Gasteiger partial charge >= 0.3 is 0 Å². The number of aliphatic hydroxyl groups is 1. The third kappa shape index (κ3) is 5.69. The zero-order valence-corrected chi connectivity index (χ0v) is 17.5. The number of ether oxygens (including phenoxy) is 1. The Bertz CT molecular complexity index is 1130. The SMILES string of the molecule is C=C(NCCO)OCc1ccc(C(C(N)=O)c2c(F)cccc2F)nc1-c1ccc(F)cc1. The first-order valence-electron chi connectivity index (χ1n) is 9.97. The summed E-state index contributed by atoms with van der Waals surface area (Å²) < 4.78 is 47.9. The van der Waals surface area contributed by atoms with Gasteiger partial charge in [0.15, 0.2) is 5.88 Å². The lowest BCUT2D eigenvalue weighted by Gasteiger charge is -2.18. The lowest BCUT2D eigenvalue weighted by atomic mass is 9.92. The third-order valence-electron chi connectivity index (χ3n) is 4.82. The molecule has 1 aromatic heterocycles. The molecular weight excluding hydrogens is 435 g/mol. The highest BCUT2D eigenvalue weighted by molar-refractivity contribution is 5.85. The number of amides is 1. The fourth-order valence-corrected chi connectivity index (χ4v) is 3.27. The molecule has 0 radical (unpaired) electrons. The Balaban J connectivity index is 2.06. The van der Waals surface area contributed by atoms with Crippen molar-refractivity contribution in [2.45, 2.75) is 12.5 Å². The van der Waals surface area contributed by atoms with E-state index in [9.17, 15) is 18.0 Å². The van der Waals surface area contributed by atoms with E-state index >= 15 is 0 Å². The summed E-state index contributed by atoms with van der Waals surface area (Å²) >= 11 is 0. The van der Waals surface area contributed by atoms with E-state index in [-0.39, 0.29) is 31.3 Å². The van der Waals surface area contributed by atoms with Crippen LogP contribution in [0.15, 0.2) is 67.1 Å². The number of nitrogens with one attached hydrogen (secondary N) is 1. The largest absolute Gasteiger partial charge is 0.475 e. The first kappa shape index (κ1) is 23.8. The highest BCUT2D eigenvalue weighted by Gasteiger charge is 2.29. The normalized spacial score (nSPS) is 11.6. The van der Waals surface area contributed by atoms with Crippen LogP contribution in [0.1, 0.15) is 22.7 Å². The van der Waals surface area contributed by atoms with Crippen LogP contribution in [0.2, 0.25) is 0 Å². The van der Waals surface area contributed by atoms with Gasteiger partial charge in [-0.25, -0.2) is 13.2 Å². The Morgan fingerprint density at radius 2 is 1.76 bits per heavy atom. The lowest BCUT2D eigenvalue weighted by Crippen LogP contribution is -2.25. The smallest absolute Gasteiger partial charge is 0.231 e. The maximum absolute atomic E-state index is 14.4. The molecule has 2 aromatic carbocycles. The van der Waals surface area contributed by atoms with Crippen LogP contribution in [0.25, 0.3) is 11.3 Å². The maximum Gasteiger partial charge on any atom is 0.231 e. The minimum atomic E-state index is -1.48. The van der Waals surface area contributed by atoms with Gasteiger partial charge < -0.3 is 20.9 Å². The van der Waals surface area contributed by atoms with Crippen molar-refractivity contribution in [1.82, 2.24) is 10.3 Å². The number of halogens is 3. The van der Waals surface area contributed by atoms with Crippen molar-refractivity contribution in [2.75, 3.05) is 13.2 Å². The molecule has 3 rings (SSSR count). The fourth-order valence-electron chi connectivity index (χ4n) is 3.27. The molecule has 0 aliphatic heterocycles. The Hall–Kier alpha value is -3.85. The summed E-state index contributed by atoms with van der Waals surface area (Å²) in [7, 11) is 0. The molecule has 1 atom stereocenters. The fraction of sp³-hybridized carbons (Fsp3) is 0.167. The molecule has 6 nitrogen and oxygen atoms in total. The molecule has 4 N–H and O–H groups in total. The molecule has 1 heterocycles. The summed E-state index contributed by atoms with van der Waals surface area (Å²) in [6.07, 6.45) is 0. The first-order chi connectivity index (χ1) is 15.8. The van der Waals surface area contributed by atoms with Crippen molar-refractivity contribution in [3.63, 3.8) is 0 Å². The highest BCUT2D eigenvalue weighted by atomic mass is 19.1. The Morgan fingerprint density at radius 3 is 2.36 bits per heavy atom. The number of carbonyl (C=O) groups is 1. The molecule has 0 aliphatic carbocycles. The molecule has 1 amide bonds. The number of hydrogen-bond donors (Lipinski definition) is 3. The Morgan fingerprint density at radius 1 is 1.09 bits per heavy atom. The van der Waals surface area contributed by atoms with E-state index in [4.69, 9.17) is 15.6 Å². The summed E-state index contributed by atoms with van der Waals surface area (Å²) in [6, 6.07) is 11.7. The zero-order valence-electron chi connectivity index (χ0n) is 17.5. The summed E-state index contributed by atoms with van der Waals surface area (Å²) in [5.41, 5.74) is 6.35. The number of benzene rings is 2. The molecule has 3 aromatic rings. The molecule has 1 unspecified atom stereocenters. The number of aliphatic hydroxyl groups excluding tert-OH is 1. The monoisotopic (exact) mass is 457 g/mol. The van der Waals surface area contributed by atoms with Gasteiger partial charge in [0.25, 0.3) is 0 Å². The predicted octanol–water partition coefficient (Wildman–Crippen LogP) is 3.35. The van der Waals surface area contributed by atoms with E-state index in [2.05, 4.69) is 16.9 Å². The van der Waals surface area contributed by atoms with Gasteiger partial charge in [0, 0.05) is 23.2 Å². The van der Waals surface area contributed by atoms with Crippen molar-refractivity contribution in [2.24, 2.45) is 5.73 Å². The molecule has 0 saturated heterocycles. The van der Waals surface area contributed by atoms with E-state index < -0.39 is 34.8 Å². The van der Waals surface area contributed by atoms with Crippen LogP contribution in [0.3, 0.4) is 0 Å². The second kappa shape index (κ2) is 10.6. The average Bonchev–Trinajstić information content (AvgIpc) is 2.79. The van der Waals surface area contributed by atoms with E-state index in [0.29, 0.717) is 16.8 Å². The molecule has 0 aliphatic rings. The molecule has 172 valence electrons. The topological polar surface area (TPSA) is 97.5 Å². The number of hydrogen-bond acceptors (Lipinski definition) is 5. The number of pyridine rings is 1. The Labute approximate surface area is 188 Å². The number of carbonyl (C=O) groups excluding carboxylic acids is 1. The van der Waals surface area contributed by atoms with Crippen LogP contribution in [0.4, 0.5) is 13.2 Å². The van der Waals surface area contributed by atoms with Crippen LogP contribution in [-0.2, 0) is 16.1 Å². The van der Waals surface area contributed by atoms with E-state index in [1.807, 2.05) is 0 Å². The molecule has 9 heteroatoms. The number of rotatable bonds is 10. The molecular formula is C24H22F3N3O3. The van der Waals surface area contributed by atoms with Crippen molar-refractivity contribution < 1.29 is 27.8 Å². The zero-order chi connectivity index (χ0) is 24.0. The summed E-state index contributed by atoms with van der Waals surface area (Å²) in [6.45, 7) is 3.82. The minimum absolute atomic E-state index is 0.00739. The van der Waals surface area contributed by atoms with Crippen molar-refractivity contribution >= 4 is 5.91 Å². The molecule has 33 heavy (non-hydrogen) atoms. The van der Waals surface area contributed by atoms with Crippen LogP contribution in [0.5, 0.6) is 0 Å². The number of nitrogens with two attached hydrogens (primary N) is 1. The summed E-state index contributed by atoms with van der Waals surface area (Å²) in [4.78, 5) is 16.7. The first-order valence-corrected chi connectivity index (χ1v) is 9.97. The van der Waals surface area contributed by atoms with Gasteiger partial charge in [-0.3, -0.25) is 9.78 Å². The number of aromatic nitrogens is 1. The minimum Gasteiger partial charge on any atom is -0.475 e. The summed E-state index contributed by atoms with van der Waals surface area (Å²) in [5.74, 6) is -4.58. The lowest BCUT2D eigenvalue weighted by molar-refractivity contribution is -0.118. The molecule has 0 saturated carbocycles. The van der Waals surface area contributed by atoms with Gasteiger partial charge in [-0.2, -0.15) is 0 Å². The van der Waals surface area contributed by atoms with Crippen LogP contribution in [-0.4, -0.2) is 29.1 Å². The molecule has 0 spiro atoms. The molecule has 0 fully saturated rings. The van der Waals surface area contributed by atoms with E-state index in [0.717, 1.165) is 12.1 Å². The second-order valence-corrected chi connectivity index (χ2v) is 7.08. The van der Waals surface area contributed by atoms with Crippen LogP contribution >= 0.6 is 0 Å². The van der Waals surface area contributed by atoms with Gasteiger partial charge in [0.05, 0.1) is 18.0 Å². The van der Waals surface area contributed by atoms with Gasteiger partial charge in [-0.1, -0.05) is 12.1 Å². The highest BCUT2D eigenvalue weighted by Crippen LogP contribution is 2.31. The quantitative estimate of drug-likeness (QED) is 0.406. The van der Waals surface area contributed by atoms with Gasteiger partial charge in [0.2, 0.25) is 5.91 Å². The van der Waals surface area contributed by atoms with Crippen molar-refractivity contribution in [3.05, 3.63) is 101 Å². The van der Waals surface area contributed by atoms with Crippen LogP contribution in [0, 0.1) is 17.5 Å². The van der Waals surface area contributed by atoms with Gasteiger partial charge in [-0.15, -0.1) is 0 Å². The number of nitrogens with zero attached hydrogens (tertiary/aromatic N) is 1. The third-order valence-corrected chi connectivity index (χ3v) is 4.82. The predicted molar refractivity (Wildman–Crippen MR) is 116 cm³/mol. The Kier molecular flexibility index (Phi) is 7.68. The number of primary amides is 1. The molecule has 0 bridgehead atoms. The van der Waals surface area contributed by atoms with E-state index in [1.54, 1.807) is 6.07 Å². The van der Waals surface area contributed by atoms with Gasteiger partial charge in [-0.05, 0) is 49.0 Å². The van der Waals surface area contributed by atoms with E-state index in [1.165, 1.54) is 36.4 Å². The van der Waals surface area contributed by atoms with Gasteiger partial charge in [0.1, 0.15) is 30.0 Å². The van der Waals surface area contributed by atoms with Crippen molar-refractivity contribution in [1.29, 1.82) is 0 Å². The second-order valence-electron chi connectivity index (χ2n) is 7.08. The summed E-state index contributed by atoms with van der Waals surface area (Å²) in [5, 5.41) is 11.7. The van der Waals surface area contributed by atoms with Crippen LogP contribution < -0.4 is 11.1 Å². The maximum atomic E-state index is 14.4. The standard InChI is InChI=1S/C24H22F3N3O3/c1-14(29-11-12-31)33-13-16-7-10-20(30-23(16)15-5-8-17(25)9-6-15)22(24(28)32)21-18(26)3-2-4-19(21)27/h2-10,22,29,31H,1,11-13H2,(H2,28,32).